The molecule has 1 atom stereocenters. The summed E-state index contributed by atoms with van der Waals surface area (Å²) < 4.78 is 36.8. The number of methoxy groups -OCH3 is 2. The summed E-state index contributed by atoms with van der Waals surface area (Å²) in [6, 6.07) is 12.0. The van der Waals surface area contributed by atoms with Crippen molar-refractivity contribution in [2.75, 3.05) is 37.9 Å². The van der Waals surface area contributed by atoms with Gasteiger partial charge in [-0.15, -0.1) is 0 Å². The minimum Gasteiger partial charge on any atom is -0.493 e. The van der Waals surface area contributed by atoms with E-state index in [0.717, 1.165) is 35.8 Å². The van der Waals surface area contributed by atoms with E-state index in [1.807, 2.05) is 12.1 Å². The molecule has 0 spiro atoms. The Morgan fingerprint density at radius 2 is 1.71 bits per heavy atom. The van der Waals surface area contributed by atoms with Crippen LogP contribution in [-0.2, 0) is 27.9 Å². The SMILES string of the molecule is COc1ccc(N([C@H](C)C(=O)NCc2cccc(CN3CCCCC3)c2)S(C)(=O)=O)cc1OC. The second kappa shape index (κ2) is 11.6. The first kappa shape index (κ1) is 25.8. The van der Waals surface area contributed by atoms with E-state index < -0.39 is 16.1 Å². The number of nitrogens with one attached hydrogen (secondary N) is 1. The fraction of sp³-hybridized carbons (Fsp3) is 0.480. The van der Waals surface area contributed by atoms with E-state index in [0.29, 0.717) is 23.7 Å². The van der Waals surface area contributed by atoms with Gasteiger partial charge in [0.2, 0.25) is 15.9 Å². The number of benzene rings is 2. The average molecular weight is 490 g/mol. The van der Waals surface area contributed by atoms with Gasteiger partial charge in [0.1, 0.15) is 6.04 Å². The Labute approximate surface area is 202 Å². The highest BCUT2D eigenvalue weighted by Gasteiger charge is 2.29. The van der Waals surface area contributed by atoms with Crippen molar-refractivity contribution in [1.29, 1.82) is 0 Å². The number of amides is 1. The first-order valence-corrected chi connectivity index (χ1v) is 13.4. The third-order valence-corrected chi connectivity index (χ3v) is 7.26. The van der Waals surface area contributed by atoms with Gasteiger partial charge in [-0.05, 0) is 56.1 Å². The number of hydrogen-bond donors (Lipinski definition) is 1. The van der Waals surface area contributed by atoms with Crippen LogP contribution in [-0.4, -0.2) is 58.8 Å². The lowest BCUT2D eigenvalue weighted by atomic mass is 10.1. The van der Waals surface area contributed by atoms with Gasteiger partial charge >= 0.3 is 0 Å². The van der Waals surface area contributed by atoms with Crippen LogP contribution in [0.15, 0.2) is 42.5 Å². The van der Waals surface area contributed by atoms with Gasteiger partial charge in [-0.2, -0.15) is 0 Å². The molecule has 1 heterocycles. The topological polar surface area (TPSA) is 88.2 Å². The number of ether oxygens (including phenoxy) is 2. The van der Waals surface area contributed by atoms with Crippen molar-refractivity contribution >= 4 is 21.6 Å². The van der Waals surface area contributed by atoms with Crippen LogP contribution in [0.1, 0.15) is 37.3 Å². The molecule has 1 N–H and O–H groups in total. The third kappa shape index (κ3) is 6.64. The molecule has 2 aromatic rings. The van der Waals surface area contributed by atoms with E-state index in [-0.39, 0.29) is 5.91 Å². The molecule has 1 amide bonds. The van der Waals surface area contributed by atoms with Gasteiger partial charge < -0.3 is 14.8 Å². The number of hydrogen-bond acceptors (Lipinski definition) is 6. The predicted molar refractivity (Wildman–Crippen MR) is 134 cm³/mol. The fourth-order valence-electron chi connectivity index (χ4n) is 4.32. The summed E-state index contributed by atoms with van der Waals surface area (Å²) in [5.74, 6) is 0.467. The molecular formula is C25H35N3O5S. The van der Waals surface area contributed by atoms with Crippen LogP contribution in [0.5, 0.6) is 11.5 Å². The predicted octanol–water partition coefficient (Wildman–Crippen LogP) is 3.16. The molecule has 0 radical (unpaired) electrons. The Morgan fingerprint density at radius 3 is 2.35 bits per heavy atom. The van der Waals surface area contributed by atoms with Crippen LogP contribution >= 0.6 is 0 Å². The lowest BCUT2D eigenvalue weighted by Gasteiger charge is -2.29. The molecule has 0 unspecified atom stereocenters. The zero-order chi connectivity index (χ0) is 24.7. The van der Waals surface area contributed by atoms with Crippen LogP contribution in [0.2, 0.25) is 0 Å². The second-order valence-electron chi connectivity index (χ2n) is 8.65. The van der Waals surface area contributed by atoms with Crippen molar-refractivity contribution < 1.29 is 22.7 Å². The lowest BCUT2D eigenvalue weighted by molar-refractivity contribution is -0.122. The van der Waals surface area contributed by atoms with Crippen molar-refractivity contribution in [3.05, 3.63) is 53.6 Å². The molecule has 1 aliphatic rings. The Hall–Kier alpha value is -2.78. The van der Waals surface area contributed by atoms with Crippen LogP contribution in [0, 0.1) is 0 Å². The molecule has 1 saturated heterocycles. The standard InChI is InChI=1S/C25H35N3O5S/c1-19(28(34(4,30)31)22-11-12-23(32-2)24(16-22)33-3)25(29)26-17-20-9-8-10-21(15-20)18-27-13-6-5-7-14-27/h8-12,15-16,19H,5-7,13-14,17-18H2,1-4H3,(H,26,29)/t19-/m1/s1. The van der Waals surface area contributed by atoms with Crippen LogP contribution in [0.3, 0.4) is 0 Å². The first-order chi connectivity index (χ1) is 16.2. The summed E-state index contributed by atoms with van der Waals surface area (Å²) in [7, 11) is -0.765. The zero-order valence-corrected chi connectivity index (χ0v) is 21.2. The van der Waals surface area contributed by atoms with Gasteiger partial charge in [0.15, 0.2) is 11.5 Å². The zero-order valence-electron chi connectivity index (χ0n) is 20.4. The monoisotopic (exact) mass is 489 g/mol. The van der Waals surface area contributed by atoms with Crippen molar-refractivity contribution in [1.82, 2.24) is 10.2 Å². The molecule has 9 heteroatoms. The first-order valence-electron chi connectivity index (χ1n) is 11.5. The Morgan fingerprint density at radius 1 is 1.03 bits per heavy atom. The van der Waals surface area contributed by atoms with Crippen molar-refractivity contribution in [3.8, 4) is 11.5 Å². The van der Waals surface area contributed by atoms with Gasteiger partial charge in [0, 0.05) is 19.2 Å². The number of piperidine rings is 1. The largest absolute Gasteiger partial charge is 0.493 e. The summed E-state index contributed by atoms with van der Waals surface area (Å²) in [5, 5.41) is 2.89. The molecule has 0 aliphatic carbocycles. The molecular weight excluding hydrogens is 454 g/mol. The normalized spacial score (nSPS) is 15.4. The van der Waals surface area contributed by atoms with E-state index in [4.69, 9.17) is 9.47 Å². The summed E-state index contributed by atoms with van der Waals surface area (Å²) in [5.41, 5.74) is 2.52. The smallest absolute Gasteiger partial charge is 0.243 e. The highest BCUT2D eigenvalue weighted by atomic mass is 32.2. The van der Waals surface area contributed by atoms with E-state index in [9.17, 15) is 13.2 Å². The number of carbonyl (C=O) groups is 1. The number of likely N-dealkylation sites (tertiary alicyclic amines) is 1. The Bertz CT molecular complexity index is 1080. The number of anilines is 1. The minimum absolute atomic E-state index is 0.320. The number of sulfonamides is 1. The summed E-state index contributed by atoms with van der Waals surface area (Å²) in [4.78, 5) is 15.4. The molecule has 8 nitrogen and oxygen atoms in total. The molecule has 3 rings (SSSR count). The molecule has 0 aromatic heterocycles. The highest BCUT2D eigenvalue weighted by molar-refractivity contribution is 7.92. The van der Waals surface area contributed by atoms with E-state index in [1.54, 1.807) is 25.1 Å². The summed E-state index contributed by atoms with van der Waals surface area (Å²) in [6.07, 6.45) is 4.86. The minimum atomic E-state index is -3.74. The molecule has 34 heavy (non-hydrogen) atoms. The summed E-state index contributed by atoms with van der Waals surface area (Å²) >= 11 is 0. The van der Waals surface area contributed by atoms with Gasteiger partial charge in [0.25, 0.3) is 0 Å². The molecule has 0 saturated carbocycles. The van der Waals surface area contributed by atoms with Crippen molar-refractivity contribution in [2.24, 2.45) is 0 Å². The van der Waals surface area contributed by atoms with Crippen LogP contribution in [0.25, 0.3) is 0 Å². The maximum Gasteiger partial charge on any atom is 0.243 e. The average Bonchev–Trinajstić information content (AvgIpc) is 2.82. The fourth-order valence-corrected chi connectivity index (χ4v) is 5.49. The molecule has 1 aliphatic heterocycles. The van der Waals surface area contributed by atoms with E-state index in [2.05, 4.69) is 22.3 Å². The lowest BCUT2D eigenvalue weighted by Crippen LogP contribution is -2.47. The number of carbonyl (C=O) groups excluding carboxylic acids is 1. The van der Waals surface area contributed by atoms with E-state index >= 15 is 0 Å². The molecule has 186 valence electrons. The maximum atomic E-state index is 13.0. The van der Waals surface area contributed by atoms with Crippen LogP contribution in [0.4, 0.5) is 5.69 Å². The third-order valence-electron chi connectivity index (χ3n) is 6.02. The van der Waals surface area contributed by atoms with Gasteiger partial charge in [-0.1, -0.05) is 30.7 Å². The second-order valence-corrected chi connectivity index (χ2v) is 10.5. The molecule has 1 fully saturated rings. The molecule has 0 bridgehead atoms. The van der Waals surface area contributed by atoms with Gasteiger partial charge in [0.05, 0.1) is 26.2 Å². The quantitative estimate of drug-likeness (QED) is 0.552. The maximum absolute atomic E-state index is 13.0. The van der Waals surface area contributed by atoms with Gasteiger partial charge in [-0.25, -0.2) is 8.42 Å². The Kier molecular flexibility index (Phi) is 8.79. The Balaban J connectivity index is 1.70. The van der Waals surface area contributed by atoms with Gasteiger partial charge in [-0.3, -0.25) is 14.0 Å². The van der Waals surface area contributed by atoms with Crippen molar-refractivity contribution in [3.63, 3.8) is 0 Å². The number of nitrogens with zero attached hydrogens (tertiary/aromatic N) is 2. The number of rotatable bonds is 10. The highest BCUT2D eigenvalue weighted by Crippen LogP contribution is 2.33. The summed E-state index contributed by atoms with van der Waals surface area (Å²) in [6.45, 7) is 5.03. The van der Waals surface area contributed by atoms with E-state index in [1.165, 1.54) is 39.0 Å². The van der Waals surface area contributed by atoms with Crippen molar-refractivity contribution in [2.45, 2.75) is 45.3 Å². The van der Waals surface area contributed by atoms with Crippen LogP contribution < -0.4 is 19.1 Å². The molecule has 2 aromatic carbocycles.